The molecule has 1 aliphatic heterocycles. The molecule has 0 saturated carbocycles. The second kappa shape index (κ2) is 8.13. The topological polar surface area (TPSA) is 49.4 Å². The van der Waals surface area contributed by atoms with E-state index in [1.807, 2.05) is 43.3 Å². The SMILES string of the molecule is CC[C@H](C)c1ccc(NC(=O)[C@@H]2CC(=O)N(c3ccc(C)c(Cl)c3)C2)cc1. The lowest BCUT2D eigenvalue weighted by Gasteiger charge is -2.17. The molecule has 1 aliphatic rings. The molecule has 3 rings (SSSR count). The van der Waals surface area contributed by atoms with Crippen LogP contribution >= 0.6 is 11.6 Å². The third-order valence-electron chi connectivity index (χ3n) is 5.32. The number of nitrogens with one attached hydrogen (secondary N) is 1. The lowest BCUT2D eigenvalue weighted by molar-refractivity contribution is -0.122. The number of rotatable bonds is 5. The minimum absolute atomic E-state index is 0.0535. The van der Waals surface area contributed by atoms with E-state index in [1.165, 1.54) is 5.56 Å². The van der Waals surface area contributed by atoms with E-state index in [9.17, 15) is 9.59 Å². The summed E-state index contributed by atoms with van der Waals surface area (Å²) in [7, 11) is 0. The van der Waals surface area contributed by atoms with Crippen LogP contribution in [0.25, 0.3) is 0 Å². The van der Waals surface area contributed by atoms with Crippen molar-refractivity contribution in [1.82, 2.24) is 0 Å². The Bertz CT molecular complexity index is 848. The van der Waals surface area contributed by atoms with Crippen molar-refractivity contribution in [1.29, 1.82) is 0 Å². The van der Waals surface area contributed by atoms with Gasteiger partial charge in [-0.25, -0.2) is 0 Å². The summed E-state index contributed by atoms with van der Waals surface area (Å²) >= 11 is 6.17. The van der Waals surface area contributed by atoms with Crippen molar-refractivity contribution in [2.24, 2.45) is 5.92 Å². The van der Waals surface area contributed by atoms with Crippen LogP contribution in [0.3, 0.4) is 0 Å². The Morgan fingerprint density at radius 1 is 1.26 bits per heavy atom. The van der Waals surface area contributed by atoms with Crippen LogP contribution in [-0.2, 0) is 9.59 Å². The van der Waals surface area contributed by atoms with Gasteiger partial charge in [-0.1, -0.05) is 43.6 Å². The van der Waals surface area contributed by atoms with Crippen molar-refractivity contribution in [3.05, 3.63) is 58.6 Å². The van der Waals surface area contributed by atoms with Crippen LogP contribution in [-0.4, -0.2) is 18.4 Å². The second-order valence-corrected chi connectivity index (χ2v) is 7.67. The van der Waals surface area contributed by atoms with Crippen molar-refractivity contribution >= 4 is 34.8 Å². The van der Waals surface area contributed by atoms with Crippen molar-refractivity contribution in [2.75, 3.05) is 16.8 Å². The van der Waals surface area contributed by atoms with Gasteiger partial charge in [-0.15, -0.1) is 0 Å². The monoisotopic (exact) mass is 384 g/mol. The fraction of sp³-hybridized carbons (Fsp3) is 0.364. The van der Waals surface area contributed by atoms with Gasteiger partial charge < -0.3 is 10.2 Å². The number of amides is 2. The highest BCUT2D eigenvalue weighted by Gasteiger charge is 2.35. The van der Waals surface area contributed by atoms with Gasteiger partial charge in [0.05, 0.1) is 5.92 Å². The van der Waals surface area contributed by atoms with E-state index in [4.69, 9.17) is 11.6 Å². The summed E-state index contributed by atoms with van der Waals surface area (Å²) < 4.78 is 0. The average Bonchev–Trinajstić information content (AvgIpc) is 3.06. The van der Waals surface area contributed by atoms with E-state index in [1.54, 1.807) is 11.0 Å². The Morgan fingerprint density at radius 2 is 1.96 bits per heavy atom. The summed E-state index contributed by atoms with van der Waals surface area (Å²) in [5, 5.41) is 3.56. The van der Waals surface area contributed by atoms with Gasteiger partial charge in [-0.2, -0.15) is 0 Å². The van der Waals surface area contributed by atoms with Crippen LogP contribution in [0.5, 0.6) is 0 Å². The standard InChI is InChI=1S/C22H25ClN2O2/c1-4-14(2)16-6-8-18(9-7-16)24-22(27)17-11-21(26)25(13-17)19-10-5-15(3)20(23)12-19/h5-10,12,14,17H,4,11,13H2,1-3H3,(H,24,27)/t14-,17+/m0/s1. The summed E-state index contributed by atoms with van der Waals surface area (Å²) in [4.78, 5) is 26.7. The molecule has 27 heavy (non-hydrogen) atoms. The quantitative estimate of drug-likeness (QED) is 0.774. The van der Waals surface area contributed by atoms with Crippen LogP contribution < -0.4 is 10.2 Å². The molecule has 2 aromatic carbocycles. The number of hydrogen-bond acceptors (Lipinski definition) is 2. The maximum absolute atomic E-state index is 12.6. The fourth-order valence-electron chi connectivity index (χ4n) is 3.26. The Morgan fingerprint density at radius 3 is 2.59 bits per heavy atom. The molecule has 0 unspecified atom stereocenters. The van der Waals surface area contributed by atoms with E-state index >= 15 is 0 Å². The summed E-state index contributed by atoms with van der Waals surface area (Å²) in [6.45, 7) is 6.63. The van der Waals surface area contributed by atoms with Crippen molar-refractivity contribution < 1.29 is 9.59 Å². The average molecular weight is 385 g/mol. The van der Waals surface area contributed by atoms with Gasteiger partial charge in [-0.05, 0) is 54.7 Å². The largest absolute Gasteiger partial charge is 0.326 e. The molecule has 142 valence electrons. The number of carbonyl (C=O) groups is 2. The Labute approximate surface area is 165 Å². The fourth-order valence-corrected chi connectivity index (χ4v) is 3.43. The van der Waals surface area contributed by atoms with Crippen molar-refractivity contribution in [3.63, 3.8) is 0 Å². The van der Waals surface area contributed by atoms with Gasteiger partial charge in [-0.3, -0.25) is 9.59 Å². The van der Waals surface area contributed by atoms with Crippen LogP contribution in [0, 0.1) is 12.8 Å². The number of carbonyl (C=O) groups excluding carboxylic acids is 2. The minimum Gasteiger partial charge on any atom is -0.326 e. The van der Waals surface area contributed by atoms with Gasteiger partial charge >= 0.3 is 0 Å². The molecule has 1 heterocycles. The summed E-state index contributed by atoms with van der Waals surface area (Å²) in [5.74, 6) is -0.0496. The minimum atomic E-state index is -0.369. The van der Waals surface area contributed by atoms with E-state index in [2.05, 4.69) is 19.2 Å². The molecule has 4 nitrogen and oxygen atoms in total. The predicted molar refractivity (Wildman–Crippen MR) is 110 cm³/mol. The molecular formula is C22H25ClN2O2. The lowest BCUT2D eigenvalue weighted by Crippen LogP contribution is -2.28. The van der Waals surface area contributed by atoms with E-state index in [-0.39, 0.29) is 24.2 Å². The molecule has 0 aliphatic carbocycles. The molecule has 0 bridgehead atoms. The highest BCUT2D eigenvalue weighted by molar-refractivity contribution is 6.31. The highest BCUT2D eigenvalue weighted by atomic mass is 35.5. The third-order valence-corrected chi connectivity index (χ3v) is 5.73. The van der Waals surface area contributed by atoms with Gasteiger partial charge in [0.15, 0.2) is 0 Å². The second-order valence-electron chi connectivity index (χ2n) is 7.26. The van der Waals surface area contributed by atoms with E-state index < -0.39 is 0 Å². The Balaban J connectivity index is 1.66. The van der Waals surface area contributed by atoms with Crippen LogP contribution in [0.15, 0.2) is 42.5 Å². The van der Waals surface area contributed by atoms with Gasteiger partial charge in [0, 0.05) is 29.4 Å². The first-order chi connectivity index (χ1) is 12.9. The predicted octanol–water partition coefficient (Wildman–Crippen LogP) is 5.15. The molecule has 1 fully saturated rings. The summed E-state index contributed by atoms with van der Waals surface area (Å²) in [6.07, 6.45) is 1.29. The normalized spacial score (nSPS) is 17.9. The molecule has 2 atom stereocenters. The Kier molecular flexibility index (Phi) is 5.85. The van der Waals surface area contributed by atoms with Crippen LogP contribution in [0.2, 0.25) is 5.02 Å². The van der Waals surface area contributed by atoms with E-state index in [0.29, 0.717) is 17.5 Å². The molecule has 1 saturated heterocycles. The van der Waals surface area contributed by atoms with Crippen molar-refractivity contribution in [3.8, 4) is 0 Å². The van der Waals surface area contributed by atoms with Gasteiger partial charge in [0.25, 0.3) is 0 Å². The van der Waals surface area contributed by atoms with Crippen LogP contribution in [0.4, 0.5) is 11.4 Å². The zero-order valence-corrected chi connectivity index (χ0v) is 16.7. The first-order valence-electron chi connectivity index (χ1n) is 9.36. The van der Waals surface area contributed by atoms with Crippen LogP contribution in [0.1, 0.15) is 43.7 Å². The molecule has 1 N–H and O–H groups in total. The zero-order chi connectivity index (χ0) is 19.6. The summed E-state index contributed by atoms with van der Waals surface area (Å²) in [6, 6.07) is 13.5. The molecular weight excluding hydrogens is 360 g/mol. The maximum Gasteiger partial charge on any atom is 0.229 e. The maximum atomic E-state index is 12.6. The molecule has 2 amide bonds. The first kappa shape index (κ1) is 19.4. The lowest BCUT2D eigenvalue weighted by atomic mass is 9.98. The molecule has 0 aromatic heterocycles. The summed E-state index contributed by atoms with van der Waals surface area (Å²) in [5.41, 5.74) is 3.72. The third kappa shape index (κ3) is 4.33. The number of nitrogens with zero attached hydrogens (tertiary/aromatic N) is 1. The first-order valence-corrected chi connectivity index (χ1v) is 9.74. The van der Waals surface area contributed by atoms with Crippen molar-refractivity contribution in [2.45, 2.75) is 39.5 Å². The number of aryl methyl sites for hydroxylation is 1. The number of hydrogen-bond donors (Lipinski definition) is 1. The molecule has 5 heteroatoms. The molecule has 0 spiro atoms. The highest BCUT2D eigenvalue weighted by Crippen LogP contribution is 2.29. The Hall–Kier alpha value is -2.33. The van der Waals surface area contributed by atoms with Gasteiger partial charge in [0.2, 0.25) is 11.8 Å². The van der Waals surface area contributed by atoms with E-state index in [0.717, 1.165) is 23.4 Å². The molecule has 0 radical (unpaired) electrons. The van der Waals surface area contributed by atoms with Gasteiger partial charge in [0.1, 0.15) is 0 Å². The zero-order valence-electron chi connectivity index (χ0n) is 16.0. The molecule has 2 aromatic rings. The smallest absolute Gasteiger partial charge is 0.229 e. The number of halogens is 1. The number of benzene rings is 2. The number of anilines is 2.